The first-order chi connectivity index (χ1) is 13.2. The fourth-order valence-corrected chi connectivity index (χ4v) is 3.76. The van der Waals surface area contributed by atoms with Crippen LogP contribution in [0.5, 0.6) is 0 Å². The summed E-state index contributed by atoms with van der Waals surface area (Å²) in [5, 5.41) is 15.3. The van der Waals surface area contributed by atoms with Crippen molar-refractivity contribution in [3.05, 3.63) is 76.5 Å². The number of pyridine rings is 1. The summed E-state index contributed by atoms with van der Waals surface area (Å²) < 4.78 is 6.06. The molecule has 6 nitrogen and oxygen atoms in total. The van der Waals surface area contributed by atoms with E-state index in [1.165, 1.54) is 5.56 Å². The zero-order valence-electron chi connectivity index (χ0n) is 14.9. The molecule has 2 aromatic carbocycles. The van der Waals surface area contributed by atoms with Crippen LogP contribution in [-0.4, -0.2) is 23.1 Å². The molecule has 138 valence electrons. The van der Waals surface area contributed by atoms with E-state index in [0.717, 1.165) is 31.7 Å². The van der Waals surface area contributed by atoms with Crippen LogP contribution in [0.3, 0.4) is 0 Å². The topological polar surface area (TPSA) is 77.3 Å². The van der Waals surface area contributed by atoms with Crippen molar-refractivity contribution in [1.82, 2.24) is 4.98 Å². The molecule has 2 atom stereocenters. The normalized spacial score (nSPS) is 19.7. The molecule has 0 amide bonds. The number of fused-ring (bicyclic) bond motifs is 1. The van der Waals surface area contributed by atoms with E-state index >= 15 is 0 Å². The minimum absolute atomic E-state index is 0.0599. The molecule has 1 N–H and O–H groups in total. The van der Waals surface area contributed by atoms with E-state index in [-0.39, 0.29) is 16.7 Å². The van der Waals surface area contributed by atoms with Crippen molar-refractivity contribution in [3.8, 4) is 0 Å². The average Bonchev–Trinajstić information content (AvgIpc) is 2.72. The van der Waals surface area contributed by atoms with Gasteiger partial charge in [-0.3, -0.25) is 15.1 Å². The molecular weight excluding hydrogens is 342 g/mol. The molecule has 3 aromatic rings. The largest absolute Gasteiger partial charge is 0.383 e. The minimum Gasteiger partial charge on any atom is -0.383 e. The van der Waals surface area contributed by atoms with Gasteiger partial charge in [0.25, 0.3) is 5.69 Å². The van der Waals surface area contributed by atoms with Crippen molar-refractivity contribution in [3.63, 3.8) is 0 Å². The van der Waals surface area contributed by atoms with Gasteiger partial charge in [0.15, 0.2) is 0 Å². The molecule has 0 bridgehead atoms. The van der Waals surface area contributed by atoms with Gasteiger partial charge in [0.2, 0.25) is 0 Å². The average molecular weight is 363 g/mol. The second-order valence-electron chi connectivity index (χ2n) is 6.77. The molecule has 0 spiro atoms. The van der Waals surface area contributed by atoms with Crippen molar-refractivity contribution in [2.75, 3.05) is 18.5 Å². The fraction of sp³-hybridized carbons (Fsp3) is 0.286. The van der Waals surface area contributed by atoms with Crippen LogP contribution in [-0.2, 0) is 4.74 Å². The summed E-state index contributed by atoms with van der Waals surface area (Å²) in [5.74, 6) is 0.329. The number of anilines is 1. The van der Waals surface area contributed by atoms with E-state index in [9.17, 15) is 10.1 Å². The molecule has 1 aromatic heterocycles. The van der Waals surface area contributed by atoms with Crippen molar-refractivity contribution in [1.29, 1.82) is 0 Å². The molecule has 4 rings (SSSR count). The monoisotopic (exact) mass is 363 g/mol. The van der Waals surface area contributed by atoms with Gasteiger partial charge in [0, 0.05) is 31.3 Å². The van der Waals surface area contributed by atoms with E-state index in [2.05, 4.69) is 22.4 Å². The third-order valence-electron chi connectivity index (χ3n) is 5.07. The first-order valence-corrected chi connectivity index (χ1v) is 9.16. The molecular formula is C21H21N3O3. The smallest absolute Gasteiger partial charge is 0.278 e. The highest BCUT2D eigenvalue weighted by Crippen LogP contribution is 2.35. The number of hydrogen-bond donors (Lipinski definition) is 1. The minimum atomic E-state index is -0.367. The van der Waals surface area contributed by atoms with Crippen LogP contribution in [0.1, 0.15) is 24.5 Å². The van der Waals surface area contributed by atoms with Crippen molar-refractivity contribution in [2.24, 2.45) is 5.92 Å². The Kier molecular flexibility index (Phi) is 4.98. The molecule has 1 aliphatic rings. The molecule has 1 saturated heterocycles. The van der Waals surface area contributed by atoms with Gasteiger partial charge < -0.3 is 10.1 Å². The Hall–Kier alpha value is -2.99. The number of nitrogens with one attached hydrogen (secondary N) is 1. The number of ether oxygens (including phenoxy) is 1. The van der Waals surface area contributed by atoms with E-state index in [0.29, 0.717) is 16.8 Å². The van der Waals surface area contributed by atoms with Gasteiger partial charge in [0.05, 0.1) is 22.1 Å². The third kappa shape index (κ3) is 3.61. The highest BCUT2D eigenvalue weighted by atomic mass is 16.6. The molecule has 1 fully saturated rings. The van der Waals surface area contributed by atoms with Crippen LogP contribution in [0.4, 0.5) is 11.4 Å². The molecule has 0 saturated carbocycles. The number of rotatable bonds is 5. The van der Waals surface area contributed by atoms with E-state index in [1.807, 2.05) is 18.2 Å². The summed E-state index contributed by atoms with van der Waals surface area (Å²) in [6.45, 7) is 1.50. The Morgan fingerprint density at radius 3 is 2.81 bits per heavy atom. The maximum atomic E-state index is 11.3. The number of aromatic nitrogens is 1. The summed E-state index contributed by atoms with van der Waals surface area (Å²) in [6, 6.07) is 17.0. The Morgan fingerprint density at radius 1 is 1.15 bits per heavy atom. The summed E-state index contributed by atoms with van der Waals surface area (Å²) >= 11 is 0. The maximum absolute atomic E-state index is 11.3. The Morgan fingerprint density at radius 2 is 2.00 bits per heavy atom. The second-order valence-corrected chi connectivity index (χ2v) is 6.77. The number of benzene rings is 2. The van der Waals surface area contributed by atoms with Crippen LogP contribution >= 0.6 is 0 Å². The summed E-state index contributed by atoms with van der Waals surface area (Å²) in [5.41, 5.74) is 2.70. The summed E-state index contributed by atoms with van der Waals surface area (Å²) in [7, 11) is 0. The van der Waals surface area contributed by atoms with Crippen LogP contribution < -0.4 is 5.32 Å². The molecule has 27 heavy (non-hydrogen) atoms. The lowest BCUT2D eigenvalue weighted by atomic mass is 9.89. The molecule has 2 unspecified atom stereocenters. The quantitative estimate of drug-likeness (QED) is 0.524. The second kappa shape index (κ2) is 7.72. The zero-order valence-corrected chi connectivity index (χ0v) is 14.9. The number of hydrogen-bond acceptors (Lipinski definition) is 5. The van der Waals surface area contributed by atoms with Gasteiger partial charge >= 0.3 is 0 Å². The van der Waals surface area contributed by atoms with Crippen molar-refractivity contribution < 1.29 is 9.66 Å². The lowest BCUT2D eigenvalue weighted by Crippen LogP contribution is -2.28. The van der Waals surface area contributed by atoms with Gasteiger partial charge in [-0.15, -0.1) is 0 Å². The number of non-ortho nitro benzene ring substituents is 1. The van der Waals surface area contributed by atoms with Crippen LogP contribution in [0.25, 0.3) is 10.9 Å². The lowest BCUT2D eigenvalue weighted by molar-refractivity contribution is -0.383. The zero-order chi connectivity index (χ0) is 18.6. The maximum Gasteiger partial charge on any atom is 0.278 e. The van der Waals surface area contributed by atoms with Gasteiger partial charge in [-0.25, -0.2) is 0 Å². The Bertz CT molecular complexity index is 946. The van der Waals surface area contributed by atoms with Gasteiger partial charge in [-0.2, -0.15) is 0 Å². The molecule has 0 aliphatic carbocycles. The van der Waals surface area contributed by atoms with Gasteiger partial charge in [-0.1, -0.05) is 30.3 Å². The molecule has 1 aliphatic heterocycles. The number of nitro benzene ring substituents is 1. The summed E-state index contributed by atoms with van der Waals surface area (Å²) in [4.78, 5) is 15.3. The molecule has 0 radical (unpaired) electrons. The number of nitro groups is 1. The van der Waals surface area contributed by atoms with Gasteiger partial charge in [-0.05, 0) is 36.6 Å². The highest BCUT2D eigenvalue weighted by molar-refractivity contribution is 5.96. The summed E-state index contributed by atoms with van der Waals surface area (Å²) in [6.07, 6.45) is 3.83. The molecule has 2 heterocycles. The third-order valence-corrected chi connectivity index (χ3v) is 5.07. The predicted molar refractivity (Wildman–Crippen MR) is 105 cm³/mol. The van der Waals surface area contributed by atoms with Crippen LogP contribution in [0.2, 0.25) is 0 Å². The van der Waals surface area contributed by atoms with E-state index in [1.54, 1.807) is 30.5 Å². The highest BCUT2D eigenvalue weighted by Gasteiger charge is 2.27. The van der Waals surface area contributed by atoms with Crippen LogP contribution in [0, 0.1) is 16.0 Å². The number of nitrogens with zero attached hydrogens (tertiary/aromatic N) is 2. The first kappa shape index (κ1) is 17.4. The van der Waals surface area contributed by atoms with Gasteiger partial charge in [0.1, 0.15) is 5.52 Å². The van der Waals surface area contributed by atoms with E-state index in [4.69, 9.17) is 4.74 Å². The molecule has 6 heteroatoms. The SMILES string of the molecule is O=[N+]([O-])c1ccc(NCC2CCCOC2c2ccccc2)c2ncccc12. The van der Waals surface area contributed by atoms with Crippen LogP contribution in [0.15, 0.2) is 60.8 Å². The van der Waals surface area contributed by atoms with Crippen molar-refractivity contribution >= 4 is 22.3 Å². The lowest BCUT2D eigenvalue weighted by Gasteiger charge is -2.32. The van der Waals surface area contributed by atoms with E-state index < -0.39 is 0 Å². The predicted octanol–water partition coefficient (Wildman–Crippen LogP) is 4.72. The first-order valence-electron chi connectivity index (χ1n) is 9.16. The standard InChI is InChI=1S/C21H21N3O3/c25-24(26)19-11-10-18(20-17(19)9-4-12-22-20)23-14-16-8-5-13-27-21(16)15-6-2-1-3-7-15/h1-4,6-7,9-12,16,21,23H,5,8,13-14H2. The van der Waals surface area contributed by atoms with Crippen molar-refractivity contribution in [2.45, 2.75) is 18.9 Å². The Labute approximate surface area is 157 Å². The Balaban J connectivity index is 1.57. The fourth-order valence-electron chi connectivity index (χ4n) is 3.76.